The minimum absolute atomic E-state index is 0.0631. The van der Waals surface area contributed by atoms with Gasteiger partial charge in [-0.25, -0.2) is 13.8 Å². The van der Waals surface area contributed by atoms with Crippen molar-refractivity contribution in [2.24, 2.45) is 0 Å². The second-order valence-corrected chi connectivity index (χ2v) is 5.78. The van der Waals surface area contributed by atoms with E-state index in [1.807, 2.05) is 0 Å². The molecular formula is C17H13F5N2O2. The zero-order valence-electron chi connectivity index (χ0n) is 13.3. The van der Waals surface area contributed by atoms with E-state index in [2.05, 4.69) is 4.98 Å². The summed E-state index contributed by atoms with van der Waals surface area (Å²) in [7, 11) is 0. The highest BCUT2D eigenvalue weighted by Gasteiger charge is 2.33. The first-order chi connectivity index (χ1) is 12.2. The second-order valence-electron chi connectivity index (χ2n) is 5.78. The third-order valence-corrected chi connectivity index (χ3v) is 3.94. The van der Waals surface area contributed by atoms with Gasteiger partial charge in [0.1, 0.15) is 17.7 Å². The number of likely N-dealkylation sites (tertiary alicyclic amines) is 1. The van der Waals surface area contributed by atoms with Crippen molar-refractivity contribution in [3.63, 3.8) is 0 Å². The Kier molecular flexibility index (Phi) is 4.80. The maximum atomic E-state index is 13.7. The molecular weight excluding hydrogens is 359 g/mol. The predicted molar refractivity (Wildman–Crippen MR) is 80.5 cm³/mol. The van der Waals surface area contributed by atoms with E-state index in [0.717, 1.165) is 30.5 Å². The van der Waals surface area contributed by atoms with Gasteiger partial charge in [-0.05, 0) is 18.2 Å². The van der Waals surface area contributed by atoms with Gasteiger partial charge >= 0.3 is 6.18 Å². The van der Waals surface area contributed by atoms with Crippen LogP contribution in [0.15, 0.2) is 36.5 Å². The molecule has 0 bridgehead atoms. The molecule has 0 spiro atoms. The first-order valence-electron chi connectivity index (χ1n) is 7.68. The highest BCUT2D eigenvalue weighted by molar-refractivity contribution is 5.94. The van der Waals surface area contributed by atoms with Crippen molar-refractivity contribution in [1.82, 2.24) is 9.88 Å². The molecule has 2 heterocycles. The average Bonchev–Trinajstić information content (AvgIpc) is 3.02. The molecule has 26 heavy (non-hydrogen) atoms. The van der Waals surface area contributed by atoms with Gasteiger partial charge in [0, 0.05) is 31.3 Å². The van der Waals surface area contributed by atoms with E-state index in [0.29, 0.717) is 12.5 Å². The second kappa shape index (κ2) is 6.89. The SMILES string of the molecule is O=C(c1ccc(F)cc1F)N1CCC(Oc2cc(C(F)(F)F)ccn2)C1. The first-order valence-corrected chi connectivity index (χ1v) is 7.68. The molecule has 0 N–H and O–H groups in total. The number of pyridine rings is 1. The average molecular weight is 372 g/mol. The number of carbonyl (C=O) groups excluding carboxylic acids is 1. The van der Waals surface area contributed by atoms with Crippen LogP contribution in [-0.4, -0.2) is 35.0 Å². The highest BCUT2D eigenvalue weighted by Crippen LogP contribution is 2.31. The van der Waals surface area contributed by atoms with Gasteiger partial charge in [0.2, 0.25) is 5.88 Å². The molecule has 9 heteroatoms. The lowest BCUT2D eigenvalue weighted by Crippen LogP contribution is -2.31. The van der Waals surface area contributed by atoms with E-state index in [1.165, 1.54) is 4.90 Å². The van der Waals surface area contributed by atoms with Crippen molar-refractivity contribution < 1.29 is 31.5 Å². The number of hydrogen-bond donors (Lipinski definition) is 0. The summed E-state index contributed by atoms with van der Waals surface area (Å²) in [5.74, 6) is -2.60. The van der Waals surface area contributed by atoms with Gasteiger partial charge < -0.3 is 9.64 Å². The van der Waals surface area contributed by atoms with Gasteiger partial charge in [-0.15, -0.1) is 0 Å². The van der Waals surface area contributed by atoms with Gasteiger partial charge in [-0.2, -0.15) is 13.2 Å². The van der Waals surface area contributed by atoms with Crippen LogP contribution in [-0.2, 0) is 6.18 Å². The number of aromatic nitrogens is 1. The number of alkyl halides is 3. The van der Waals surface area contributed by atoms with Crippen LogP contribution in [0.4, 0.5) is 22.0 Å². The fraction of sp³-hybridized carbons (Fsp3) is 0.294. The molecule has 138 valence electrons. The number of hydrogen-bond acceptors (Lipinski definition) is 3. The molecule has 1 unspecified atom stereocenters. The quantitative estimate of drug-likeness (QED) is 0.772. The number of ether oxygens (including phenoxy) is 1. The van der Waals surface area contributed by atoms with Crippen molar-refractivity contribution in [1.29, 1.82) is 0 Å². The Morgan fingerprint density at radius 3 is 2.65 bits per heavy atom. The van der Waals surface area contributed by atoms with Crippen molar-refractivity contribution in [2.75, 3.05) is 13.1 Å². The van der Waals surface area contributed by atoms with E-state index in [4.69, 9.17) is 4.74 Å². The minimum atomic E-state index is -4.52. The molecule has 1 atom stereocenters. The monoisotopic (exact) mass is 372 g/mol. The highest BCUT2D eigenvalue weighted by atomic mass is 19.4. The number of rotatable bonds is 3. The lowest BCUT2D eigenvalue weighted by atomic mass is 10.2. The molecule has 2 aromatic rings. The van der Waals surface area contributed by atoms with E-state index < -0.39 is 35.4 Å². The molecule has 0 aliphatic carbocycles. The third-order valence-electron chi connectivity index (χ3n) is 3.94. The number of amides is 1. The Morgan fingerprint density at radius 2 is 1.96 bits per heavy atom. The van der Waals surface area contributed by atoms with Crippen LogP contribution in [0, 0.1) is 11.6 Å². The molecule has 0 radical (unpaired) electrons. The molecule has 4 nitrogen and oxygen atoms in total. The van der Waals surface area contributed by atoms with Crippen LogP contribution in [0.25, 0.3) is 0 Å². The Bertz CT molecular complexity index is 825. The Balaban J connectivity index is 1.66. The standard InChI is InChI=1S/C17H13F5N2O2/c18-11-1-2-13(14(19)8-11)16(25)24-6-4-12(9-24)26-15-7-10(3-5-23-15)17(20,21)22/h1-3,5,7-8,12H,4,6,9H2. The van der Waals surface area contributed by atoms with Crippen LogP contribution in [0.5, 0.6) is 5.88 Å². The van der Waals surface area contributed by atoms with Crippen LogP contribution in [0.1, 0.15) is 22.3 Å². The van der Waals surface area contributed by atoms with Crippen molar-refractivity contribution >= 4 is 5.91 Å². The molecule has 1 fully saturated rings. The lowest BCUT2D eigenvalue weighted by molar-refractivity contribution is -0.137. The van der Waals surface area contributed by atoms with Crippen molar-refractivity contribution in [3.05, 3.63) is 59.3 Å². The van der Waals surface area contributed by atoms with Crippen molar-refractivity contribution in [3.8, 4) is 5.88 Å². The fourth-order valence-electron chi connectivity index (χ4n) is 2.66. The predicted octanol–water partition coefficient (Wildman–Crippen LogP) is 3.67. The number of nitrogens with zero attached hydrogens (tertiary/aromatic N) is 2. The molecule has 3 rings (SSSR count). The summed E-state index contributed by atoms with van der Waals surface area (Å²) < 4.78 is 70.2. The summed E-state index contributed by atoms with van der Waals surface area (Å²) >= 11 is 0. The third kappa shape index (κ3) is 3.92. The topological polar surface area (TPSA) is 42.4 Å². The molecule has 0 saturated carbocycles. The molecule has 1 aliphatic heterocycles. The summed E-state index contributed by atoms with van der Waals surface area (Å²) in [5, 5.41) is 0. The first kappa shape index (κ1) is 18.1. The number of benzene rings is 1. The summed E-state index contributed by atoms with van der Waals surface area (Å²) in [6, 6.07) is 4.26. The molecule has 1 aromatic heterocycles. The molecule has 1 saturated heterocycles. The normalized spacial score (nSPS) is 17.4. The van der Waals surface area contributed by atoms with Crippen molar-refractivity contribution in [2.45, 2.75) is 18.7 Å². The zero-order valence-corrected chi connectivity index (χ0v) is 13.3. The van der Waals surface area contributed by atoms with Crippen LogP contribution in [0.3, 0.4) is 0 Å². The van der Waals surface area contributed by atoms with Crippen LogP contribution in [0.2, 0.25) is 0 Å². The summed E-state index contributed by atoms with van der Waals surface area (Å²) in [6.45, 7) is 0.298. The van der Waals surface area contributed by atoms with E-state index in [1.54, 1.807) is 0 Å². The molecule has 1 aromatic carbocycles. The maximum absolute atomic E-state index is 13.7. The fourth-order valence-corrected chi connectivity index (χ4v) is 2.66. The van der Waals surface area contributed by atoms with E-state index in [9.17, 15) is 26.7 Å². The van der Waals surface area contributed by atoms with Crippen LogP contribution < -0.4 is 4.74 Å². The molecule has 1 amide bonds. The Hall–Kier alpha value is -2.71. The Labute approximate surface area is 145 Å². The van der Waals surface area contributed by atoms with Gasteiger partial charge in [-0.3, -0.25) is 4.79 Å². The smallest absolute Gasteiger partial charge is 0.416 e. The largest absolute Gasteiger partial charge is 0.472 e. The lowest BCUT2D eigenvalue weighted by Gasteiger charge is -2.17. The van der Waals surface area contributed by atoms with Gasteiger partial charge in [0.15, 0.2) is 0 Å². The summed E-state index contributed by atoms with van der Waals surface area (Å²) in [4.78, 5) is 17.3. The maximum Gasteiger partial charge on any atom is 0.416 e. The van der Waals surface area contributed by atoms with E-state index >= 15 is 0 Å². The number of carbonyl (C=O) groups is 1. The van der Waals surface area contributed by atoms with Gasteiger partial charge in [0.05, 0.1) is 17.7 Å². The Morgan fingerprint density at radius 1 is 1.19 bits per heavy atom. The van der Waals surface area contributed by atoms with Gasteiger partial charge in [0.25, 0.3) is 5.91 Å². The van der Waals surface area contributed by atoms with Gasteiger partial charge in [-0.1, -0.05) is 0 Å². The zero-order chi connectivity index (χ0) is 18.9. The van der Waals surface area contributed by atoms with E-state index in [-0.39, 0.29) is 24.5 Å². The molecule has 1 aliphatic rings. The van der Waals surface area contributed by atoms with Crippen LogP contribution >= 0.6 is 0 Å². The minimum Gasteiger partial charge on any atom is -0.472 e. The number of halogens is 5. The summed E-state index contributed by atoms with van der Waals surface area (Å²) in [5.41, 5.74) is -1.16. The summed E-state index contributed by atoms with van der Waals surface area (Å²) in [6.07, 6.45) is -3.74.